The summed E-state index contributed by atoms with van der Waals surface area (Å²) in [4.78, 5) is 2.44. The van der Waals surface area contributed by atoms with Crippen LogP contribution in [0, 0.1) is 0 Å². The standard InChI is InChI=1S/C49H35NO/c1-49(2)42-18-10-8-16-39(42)40-27-26-38(31-43(40)49)50(37-24-22-34(23-25-37)32-12-4-3-5-13-32)44-28-29-46-48(41-17-9-11-19-45(41)51-46)47(44)36-21-20-33-14-6-7-15-35(33)30-36/h3-31H,1-2H3. The summed E-state index contributed by atoms with van der Waals surface area (Å²) in [5, 5.41) is 4.67. The van der Waals surface area contributed by atoms with Crippen molar-refractivity contribution in [3.8, 4) is 33.4 Å². The van der Waals surface area contributed by atoms with Gasteiger partial charge in [-0.05, 0) is 98.2 Å². The van der Waals surface area contributed by atoms with Gasteiger partial charge in [0.1, 0.15) is 11.2 Å². The predicted octanol–water partition coefficient (Wildman–Crippen LogP) is 13.8. The molecule has 0 radical (unpaired) electrons. The van der Waals surface area contributed by atoms with Crippen LogP contribution in [0.25, 0.3) is 66.1 Å². The Morgan fingerprint density at radius 2 is 1.12 bits per heavy atom. The number of fused-ring (bicyclic) bond motifs is 7. The lowest BCUT2D eigenvalue weighted by atomic mass is 9.82. The fourth-order valence-electron chi connectivity index (χ4n) is 8.32. The molecule has 2 nitrogen and oxygen atoms in total. The molecule has 0 saturated heterocycles. The maximum Gasteiger partial charge on any atom is 0.136 e. The first-order valence-corrected chi connectivity index (χ1v) is 17.7. The average molecular weight is 654 g/mol. The van der Waals surface area contributed by atoms with E-state index in [1.807, 2.05) is 6.07 Å². The number of hydrogen-bond donors (Lipinski definition) is 0. The summed E-state index contributed by atoms with van der Waals surface area (Å²) in [6.45, 7) is 4.70. The molecule has 0 aliphatic heterocycles. The monoisotopic (exact) mass is 653 g/mol. The van der Waals surface area contributed by atoms with Crippen molar-refractivity contribution < 1.29 is 4.42 Å². The van der Waals surface area contributed by atoms with Gasteiger partial charge in [0.2, 0.25) is 0 Å². The third-order valence-corrected chi connectivity index (χ3v) is 10.9. The van der Waals surface area contributed by atoms with Crippen molar-refractivity contribution in [1.29, 1.82) is 0 Å². The fourth-order valence-corrected chi connectivity index (χ4v) is 8.32. The molecule has 0 N–H and O–H groups in total. The minimum Gasteiger partial charge on any atom is -0.456 e. The van der Waals surface area contributed by atoms with E-state index in [9.17, 15) is 0 Å². The number of furan rings is 1. The lowest BCUT2D eigenvalue weighted by molar-refractivity contribution is 0.660. The molecular weight excluding hydrogens is 619 g/mol. The summed E-state index contributed by atoms with van der Waals surface area (Å²) >= 11 is 0. The Morgan fingerprint density at radius 1 is 0.451 bits per heavy atom. The number of benzene rings is 8. The van der Waals surface area contributed by atoms with E-state index >= 15 is 0 Å². The van der Waals surface area contributed by atoms with E-state index in [1.165, 1.54) is 44.2 Å². The topological polar surface area (TPSA) is 16.4 Å². The second-order valence-electron chi connectivity index (χ2n) is 14.1. The van der Waals surface area contributed by atoms with Gasteiger partial charge in [-0.25, -0.2) is 0 Å². The first-order chi connectivity index (χ1) is 25.0. The summed E-state index contributed by atoms with van der Waals surface area (Å²) in [7, 11) is 0. The average Bonchev–Trinajstić information content (AvgIpc) is 3.67. The molecule has 0 bridgehead atoms. The van der Waals surface area contributed by atoms with Gasteiger partial charge in [-0.15, -0.1) is 0 Å². The quantitative estimate of drug-likeness (QED) is 0.184. The number of anilines is 3. The van der Waals surface area contributed by atoms with E-state index in [0.29, 0.717) is 0 Å². The molecule has 9 aromatic rings. The van der Waals surface area contributed by atoms with Gasteiger partial charge in [0.25, 0.3) is 0 Å². The van der Waals surface area contributed by atoms with Gasteiger partial charge in [-0.3, -0.25) is 0 Å². The third-order valence-electron chi connectivity index (χ3n) is 10.9. The molecule has 1 aromatic heterocycles. The van der Waals surface area contributed by atoms with Crippen LogP contribution >= 0.6 is 0 Å². The van der Waals surface area contributed by atoms with Crippen LogP contribution in [0.1, 0.15) is 25.0 Å². The van der Waals surface area contributed by atoms with Crippen molar-refractivity contribution in [2.45, 2.75) is 19.3 Å². The summed E-state index contributed by atoms with van der Waals surface area (Å²) in [6.07, 6.45) is 0. The summed E-state index contributed by atoms with van der Waals surface area (Å²) in [5.41, 5.74) is 15.0. The lowest BCUT2D eigenvalue weighted by Gasteiger charge is -2.30. The Bertz CT molecular complexity index is 2770. The number of para-hydroxylation sites is 1. The van der Waals surface area contributed by atoms with Crippen LogP contribution in [0.3, 0.4) is 0 Å². The summed E-state index contributed by atoms with van der Waals surface area (Å²) in [5.74, 6) is 0. The van der Waals surface area contributed by atoms with Crippen LogP contribution in [-0.2, 0) is 5.41 Å². The molecule has 0 amide bonds. The highest BCUT2D eigenvalue weighted by molar-refractivity contribution is 6.17. The van der Waals surface area contributed by atoms with Crippen LogP contribution in [0.5, 0.6) is 0 Å². The lowest BCUT2D eigenvalue weighted by Crippen LogP contribution is -2.17. The smallest absolute Gasteiger partial charge is 0.136 e. The number of rotatable bonds is 5. The minimum absolute atomic E-state index is 0.128. The second-order valence-corrected chi connectivity index (χ2v) is 14.1. The van der Waals surface area contributed by atoms with Crippen molar-refractivity contribution in [2.75, 3.05) is 4.90 Å². The van der Waals surface area contributed by atoms with Crippen LogP contribution < -0.4 is 4.90 Å². The molecule has 0 saturated carbocycles. The predicted molar refractivity (Wildman–Crippen MR) is 214 cm³/mol. The Hall–Kier alpha value is -6.38. The van der Waals surface area contributed by atoms with E-state index in [-0.39, 0.29) is 5.41 Å². The largest absolute Gasteiger partial charge is 0.456 e. The van der Waals surface area contributed by atoms with Crippen LogP contribution in [0.2, 0.25) is 0 Å². The SMILES string of the molecule is CC1(C)c2ccccc2-c2ccc(N(c3ccc(-c4ccccc4)cc3)c3ccc4oc5ccccc5c4c3-c3ccc4ccccc4c3)cc21. The molecule has 242 valence electrons. The number of nitrogens with zero attached hydrogens (tertiary/aromatic N) is 1. The van der Waals surface area contributed by atoms with Crippen molar-refractivity contribution in [3.05, 3.63) is 187 Å². The fraction of sp³-hybridized carbons (Fsp3) is 0.0612. The van der Waals surface area contributed by atoms with Gasteiger partial charge in [-0.2, -0.15) is 0 Å². The molecule has 8 aromatic carbocycles. The van der Waals surface area contributed by atoms with Crippen molar-refractivity contribution in [2.24, 2.45) is 0 Å². The van der Waals surface area contributed by atoms with Gasteiger partial charge in [-0.1, -0.05) is 141 Å². The first kappa shape index (κ1) is 29.5. The van der Waals surface area contributed by atoms with E-state index < -0.39 is 0 Å². The van der Waals surface area contributed by atoms with Gasteiger partial charge in [0.15, 0.2) is 0 Å². The molecule has 0 atom stereocenters. The molecule has 1 aliphatic carbocycles. The zero-order chi connectivity index (χ0) is 34.1. The van der Waals surface area contributed by atoms with E-state index in [4.69, 9.17) is 4.42 Å². The molecule has 10 rings (SSSR count). The number of hydrogen-bond acceptors (Lipinski definition) is 2. The van der Waals surface area contributed by atoms with Crippen LogP contribution in [0.15, 0.2) is 180 Å². The molecule has 51 heavy (non-hydrogen) atoms. The Labute approximate surface area is 297 Å². The van der Waals surface area contributed by atoms with E-state index in [2.05, 4.69) is 189 Å². The highest BCUT2D eigenvalue weighted by atomic mass is 16.3. The molecule has 2 heteroatoms. The van der Waals surface area contributed by atoms with E-state index in [1.54, 1.807) is 0 Å². The van der Waals surface area contributed by atoms with Gasteiger partial charge >= 0.3 is 0 Å². The highest BCUT2D eigenvalue weighted by Crippen LogP contribution is 2.52. The maximum absolute atomic E-state index is 6.52. The zero-order valence-corrected chi connectivity index (χ0v) is 28.6. The molecule has 0 unspecified atom stereocenters. The highest BCUT2D eigenvalue weighted by Gasteiger charge is 2.36. The normalized spacial score (nSPS) is 13.1. The third kappa shape index (κ3) is 4.64. The van der Waals surface area contributed by atoms with E-state index in [0.717, 1.165) is 50.1 Å². The summed E-state index contributed by atoms with van der Waals surface area (Å²) in [6, 6.07) is 63.7. The minimum atomic E-state index is -0.128. The van der Waals surface area contributed by atoms with Crippen LogP contribution in [-0.4, -0.2) is 0 Å². The van der Waals surface area contributed by atoms with Gasteiger partial charge < -0.3 is 9.32 Å². The van der Waals surface area contributed by atoms with Crippen molar-refractivity contribution in [3.63, 3.8) is 0 Å². The van der Waals surface area contributed by atoms with Crippen molar-refractivity contribution >= 4 is 49.8 Å². The second kappa shape index (κ2) is 11.3. The Morgan fingerprint density at radius 3 is 1.98 bits per heavy atom. The first-order valence-electron chi connectivity index (χ1n) is 17.7. The Balaban J connectivity index is 1.26. The van der Waals surface area contributed by atoms with Crippen molar-refractivity contribution in [1.82, 2.24) is 0 Å². The molecule has 0 fully saturated rings. The Kier molecular flexibility index (Phi) is 6.56. The zero-order valence-electron chi connectivity index (χ0n) is 28.6. The molecule has 1 aliphatic rings. The molecular formula is C49H35NO. The van der Waals surface area contributed by atoms with Gasteiger partial charge in [0.05, 0.1) is 5.69 Å². The summed E-state index contributed by atoms with van der Waals surface area (Å²) < 4.78 is 6.52. The molecule has 1 heterocycles. The maximum atomic E-state index is 6.52. The molecule has 0 spiro atoms. The van der Waals surface area contributed by atoms with Gasteiger partial charge in [0, 0.05) is 33.1 Å². The van der Waals surface area contributed by atoms with Crippen LogP contribution in [0.4, 0.5) is 17.1 Å².